The average Bonchev–Trinajstić information content (AvgIpc) is 3.36. The fraction of sp³-hybridized carbons (Fsp3) is 0.0556. The molecule has 2 aromatic carbocycles. The lowest BCUT2D eigenvalue weighted by molar-refractivity contribution is 0.628. The van der Waals surface area contributed by atoms with Crippen LogP contribution in [0.25, 0.3) is 27.4 Å². The second kappa shape index (κ2) is 6.22. The molecule has 128 valence electrons. The number of thioether (sulfide) groups is 1. The third kappa shape index (κ3) is 2.67. The van der Waals surface area contributed by atoms with E-state index in [0.717, 1.165) is 38.2 Å². The highest BCUT2D eigenvalue weighted by Gasteiger charge is 2.13. The van der Waals surface area contributed by atoms with Crippen LogP contribution >= 0.6 is 23.1 Å². The Morgan fingerprint density at radius 1 is 1.08 bits per heavy atom. The minimum absolute atomic E-state index is 0.240. The zero-order valence-corrected chi connectivity index (χ0v) is 15.0. The third-order valence-electron chi connectivity index (χ3n) is 4.00. The highest BCUT2D eigenvalue weighted by Crippen LogP contribution is 2.29. The lowest BCUT2D eigenvalue weighted by Gasteiger charge is -1.98. The Kier molecular flexibility index (Phi) is 3.72. The Bertz CT molecular complexity index is 1210. The Hall–Kier alpha value is -2.71. The summed E-state index contributed by atoms with van der Waals surface area (Å²) in [6, 6.07) is 14.4. The first-order valence-electron chi connectivity index (χ1n) is 7.93. The molecule has 1 N–H and O–H groups in total. The van der Waals surface area contributed by atoms with Crippen molar-refractivity contribution in [2.45, 2.75) is 10.9 Å². The number of hydrogen-bond acceptors (Lipinski definition) is 5. The van der Waals surface area contributed by atoms with Crippen LogP contribution in [0.15, 0.2) is 59.1 Å². The van der Waals surface area contributed by atoms with Gasteiger partial charge in [-0.2, -0.15) is 0 Å². The van der Waals surface area contributed by atoms with Crippen LogP contribution in [0.2, 0.25) is 0 Å². The summed E-state index contributed by atoms with van der Waals surface area (Å²) >= 11 is 3.16. The van der Waals surface area contributed by atoms with E-state index in [1.807, 2.05) is 34.0 Å². The number of nitrogens with one attached hydrogen (secondary N) is 1. The summed E-state index contributed by atoms with van der Waals surface area (Å²) in [6.45, 7) is 0. The molecule has 0 atom stereocenters. The highest BCUT2D eigenvalue weighted by molar-refractivity contribution is 7.98. The number of para-hydroxylation sites is 2. The van der Waals surface area contributed by atoms with E-state index in [0.29, 0.717) is 5.75 Å². The summed E-state index contributed by atoms with van der Waals surface area (Å²) < 4.78 is 15.1. The number of imidazole rings is 1. The van der Waals surface area contributed by atoms with Crippen molar-refractivity contribution < 1.29 is 4.39 Å². The summed E-state index contributed by atoms with van der Waals surface area (Å²) in [5.41, 5.74) is 3.87. The van der Waals surface area contributed by atoms with E-state index in [4.69, 9.17) is 0 Å². The maximum absolute atomic E-state index is 13.1. The number of aromatic amines is 1. The molecular weight excluding hydrogens is 369 g/mol. The zero-order valence-electron chi connectivity index (χ0n) is 13.4. The van der Waals surface area contributed by atoms with E-state index in [-0.39, 0.29) is 5.82 Å². The van der Waals surface area contributed by atoms with E-state index in [1.165, 1.54) is 12.1 Å². The van der Waals surface area contributed by atoms with Gasteiger partial charge in [0.05, 0.1) is 16.7 Å². The molecule has 26 heavy (non-hydrogen) atoms. The van der Waals surface area contributed by atoms with Gasteiger partial charge in [0.1, 0.15) is 10.8 Å². The van der Waals surface area contributed by atoms with Crippen LogP contribution in [0.1, 0.15) is 5.69 Å². The van der Waals surface area contributed by atoms with Gasteiger partial charge in [0.2, 0.25) is 5.78 Å². The van der Waals surface area contributed by atoms with Gasteiger partial charge in [-0.05, 0) is 36.4 Å². The van der Waals surface area contributed by atoms with Crippen LogP contribution in [-0.4, -0.2) is 24.6 Å². The van der Waals surface area contributed by atoms with Crippen molar-refractivity contribution in [3.05, 3.63) is 65.4 Å². The van der Waals surface area contributed by atoms with Crippen LogP contribution in [0.3, 0.4) is 0 Å². The van der Waals surface area contributed by atoms with Crippen molar-refractivity contribution in [2.75, 3.05) is 0 Å². The Morgan fingerprint density at radius 3 is 2.81 bits per heavy atom. The van der Waals surface area contributed by atoms with Crippen molar-refractivity contribution in [1.29, 1.82) is 0 Å². The van der Waals surface area contributed by atoms with Crippen LogP contribution in [0.4, 0.5) is 4.39 Å². The third-order valence-corrected chi connectivity index (χ3v) is 5.91. The average molecular weight is 381 g/mol. The first kappa shape index (κ1) is 15.5. The van der Waals surface area contributed by atoms with Gasteiger partial charge in [-0.3, -0.25) is 4.40 Å². The van der Waals surface area contributed by atoms with Gasteiger partial charge in [-0.25, -0.2) is 19.5 Å². The normalized spacial score (nSPS) is 11.6. The van der Waals surface area contributed by atoms with Gasteiger partial charge in [0.15, 0.2) is 5.16 Å². The molecule has 3 heterocycles. The molecular formula is C18H12FN5S2. The van der Waals surface area contributed by atoms with Crippen LogP contribution in [0.5, 0.6) is 0 Å². The number of hydrogen-bond donors (Lipinski definition) is 1. The first-order chi connectivity index (χ1) is 12.8. The van der Waals surface area contributed by atoms with Gasteiger partial charge < -0.3 is 0 Å². The van der Waals surface area contributed by atoms with E-state index in [9.17, 15) is 4.39 Å². The SMILES string of the molecule is Fc1ccc(-c2nc(CSc3n[nH]c4nc5ccccc5n34)cs2)cc1. The van der Waals surface area contributed by atoms with Gasteiger partial charge in [0.25, 0.3) is 0 Å². The molecule has 8 heteroatoms. The largest absolute Gasteiger partial charge is 0.254 e. The topological polar surface area (TPSA) is 58.9 Å². The van der Waals surface area contributed by atoms with Gasteiger partial charge in [-0.1, -0.05) is 23.9 Å². The van der Waals surface area contributed by atoms with Crippen LogP contribution in [0, 0.1) is 5.82 Å². The van der Waals surface area contributed by atoms with E-state index >= 15 is 0 Å². The van der Waals surface area contributed by atoms with Crippen molar-refractivity contribution >= 4 is 39.9 Å². The fourth-order valence-corrected chi connectivity index (χ4v) is 4.56. The second-order valence-electron chi connectivity index (χ2n) is 5.71. The van der Waals surface area contributed by atoms with Crippen molar-refractivity contribution in [1.82, 2.24) is 24.6 Å². The molecule has 0 unspecified atom stereocenters. The number of rotatable bonds is 4. The maximum Gasteiger partial charge on any atom is 0.231 e. The monoisotopic (exact) mass is 381 g/mol. The molecule has 5 aromatic rings. The highest BCUT2D eigenvalue weighted by atomic mass is 32.2. The summed E-state index contributed by atoms with van der Waals surface area (Å²) in [5, 5.41) is 11.1. The van der Waals surface area contributed by atoms with Gasteiger partial charge in [0, 0.05) is 16.7 Å². The summed E-state index contributed by atoms with van der Waals surface area (Å²) in [6.07, 6.45) is 0. The van der Waals surface area contributed by atoms with Crippen LogP contribution < -0.4 is 0 Å². The summed E-state index contributed by atoms with van der Waals surface area (Å²) in [5.74, 6) is 1.19. The second-order valence-corrected chi connectivity index (χ2v) is 7.51. The molecule has 0 radical (unpaired) electrons. The summed E-state index contributed by atoms with van der Waals surface area (Å²) in [7, 11) is 0. The lowest BCUT2D eigenvalue weighted by atomic mass is 10.2. The predicted octanol–water partition coefficient (Wildman–Crippen LogP) is 4.77. The predicted molar refractivity (Wildman–Crippen MR) is 102 cm³/mol. The molecule has 5 rings (SSSR count). The Labute approximate surface area is 155 Å². The Morgan fingerprint density at radius 2 is 1.92 bits per heavy atom. The number of halogens is 1. The van der Waals surface area contributed by atoms with E-state index in [1.54, 1.807) is 35.2 Å². The fourth-order valence-electron chi connectivity index (χ4n) is 2.78. The summed E-state index contributed by atoms with van der Waals surface area (Å²) in [4.78, 5) is 9.18. The number of H-pyrrole nitrogens is 1. The van der Waals surface area contributed by atoms with Crippen molar-refractivity contribution in [2.24, 2.45) is 0 Å². The van der Waals surface area contributed by atoms with Crippen molar-refractivity contribution in [3.8, 4) is 10.6 Å². The smallest absolute Gasteiger partial charge is 0.231 e. The molecule has 0 aliphatic heterocycles. The number of fused-ring (bicyclic) bond motifs is 3. The minimum Gasteiger partial charge on any atom is -0.254 e. The number of nitrogens with zero attached hydrogens (tertiary/aromatic N) is 4. The molecule has 0 aliphatic carbocycles. The zero-order chi connectivity index (χ0) is 17.5. The molecule has 0 aliphatic rings. The molecule has 0 saturated carbocycles. The minimum atomic E-state index is -0.240. The van der Waals surface area contributed by atoms with Crippen LogP contribution in [-0.2, 0) is 5.75 Å². The molecule has 0 amide bonds. The van der Waals surface area contributed by atoms with Gasteiger partial charge >= 0.3 is 0 Å². The molecule has 3 aromatic heterocycles. The first-order valence-corrected chi connectivity index (χ1v) is 9.79. The standard InChI is InChI=1S/C18H12FN5S2/c19-12-7-5-11(6-8-12)16-20-13(9-25-16)10-26-18-23-22-17-21-14-3-1-2-4-15(14)24(17)18/h1-9H,10H2,(H,21,22). The van der Waals surface area contributed by atoms with E-state index in [2.05, 4.69) is 20.2 Å². The molecule has 0 saturated heterocycles. The maximum atomic E-state index is 13.1. The number of benzene rings is 2. The molecule has 0 bridgehead atoms. The quantitative estimate of drug-likeness (QED) is 0.456. The number of thiazole rings is 1. The van der Waals surface area contributed by atoms with Gasteiger partial charge in [-0.15, -0.1) is 16.4 Å². The van der Waals surface area contributed by atoms with Crippen molar-refractivity contribution in [3.63, 3.8) is 0 Å². The number of aromatic nitrogens is 5. The van der Waals surface area contributed by atoms with E-state index < -0.39 is 0 Å². The molecule has 5 nitrogen and oxygen atoms in total. The Balaban J connectivity index is 1.40. The molecule has 0 fully saturated rings. The lowest BCUT2D eigenvalue weighted by Crippen LogP contribution is -1.87. The molecule has 0 spiro atoms.